The van der Waals surface area contributed by atoms with Gasteiger partial charge < -0.3 is 20.3 Å². The van der Waals surface area contributed by atoms with Gasteiger partial charge in [0.1, 0.15) is 9.90 Å². The third-order valence-corrected chi connectivity index (χ3v) is 4.91. The first-order valence-corrected chi connectivity index (χ1v) is 8.74. The van der Waals surface area contributed by atoms with Gasteiger partial charge in [0.25, 0.3) is 11.8 Å². The smallest absolute Gasteiger partial charge is 0.274 e. The summed E-state index contributed by atoms with van der Waals surface area (Å²) in [5.74, 6) is -0.694. The van der Waals surface area contributed by atoms with E-state index < -0.39 is 6.04 Å². The lowest BCUT2D eigenvalue weighted by Gasteiger charge is -2.17. The van der Waals surface area contributed by atoms with Gasteiger partial charge in [-0.05, 0) is 29.9 Å². The Hall–Kier alpha value is -1.91. The average Bonchev–Trinajstić information content (AvgIpc) is 3.19. The predicted octanol–water partition coefficient (Wildman–Crippen LogP) is 0.119. The third kappa shape index (κ3) is 4.30. The van der Waals surface area contributed by atoms with E-state index in [2.05, 4.69) is 20.2 Å². The molecule has 0 aliphatic carbocycles. The SMILES string of the molecule is CSc1snnc1C(=O)NC[C@H](CO)NC(=O)c1cccn1C. The topological polar surface area (TPSA) is 109 Å². The van der Waals surface area contributed by atoms with Gasteiger partial charge >= 0.3 is 0 Å². The van der Waals surface area contributed by atoms with Crippen molar-refractivity contribution in [2.24, 2.45) is 7.05 Å². The maximum Gasteiger partial charge on any atom is 0.274 e. The molecule has 23 heavy (non-hydrogen) atoms. The number of carbonyl (C=O) groups excluding carboxylic acids is 2. The van der Waals surface area contributed by atoms with Gasteiger partial charge in [-0.1, -0.05) is 4.49 Å². The fourth-order valence-electron chi connectivity index (χ4n) is 1.87. The summed E-state index contributed by atoms with van der Waals surface area (Å²) in [6, 6.07) is 2.84. The molecule has 0 saturated heterocycles. The highest BCUT2D eigenvalue weighted by atomic mass is 32.2. The molecule has 2 rings (SSSR count). The Bertz CT molecular complexity index is 685. The number of aliphatic hydroxyl groups excluding tert-OH is 1. The van der Waals surface area contributed by atoms with E-state index >= 15 is 0 Å². The molecule has 0 saturated carbocycles. The molecule has 2 aromatic heterocycles. The molecule has 0 fully saturated rings. The van der Waals surface area contributed by atoms with Gasteiger partial charge in [0.2, 0.25) is 0 Å². The highest BCUT2D eigenvalue weighted by Crippen LogP contribution is 2.21. The molecule has 0 aliphatic rings. The van der Waals surface area contributed by atoms with Gasteiger partial charge in [-0.2, -0.15) is 0 Å². The maximum absolute atomic E-state index is 12.1. The van der Waals surface area contributed by atoms with Crippen LogP contribution in [0.5, 0.6) is 0 Å². The van der Waals surface area contributed by atoms with Gasteiger partial charge in [0.15, 0.2) is 5.69 Å². The average molecular weight is 355 g/mol. The first kappa shape index (κ1) is 17.4. The molecule has 2 amide bonds. The summed E-state index contributed by atoms with van der Waals surface area (Å²) >= 11 is 2.54. The molecular weight excluding hydrogens is 338 g/mol. The number of nitrogens with one attached hydrogen (secondary N) is 2. The minimum atomic E-state index is -0.592. The molecule has 10 heteroatoms. The minimum Gasteiger partial charge on any atom is -0.394 e. The molecule has 0 bridgehead atoms. The fraction of sp³-hybridized carbons (Fsp3) is 0.385. The summed E-state index contributed by atoms with van der Waals surface area (Å²) in [5.41, 5.74) is 0.732. The summed E-state index contributed by atoms with van der Waals surface area (Å²) in [6.07, 6.45) is 3.59. The number of rotatable bonds is 7. The highest BCUT2D eigenvalue weighted by Gasteiger charge is 2.19. The number of aromatic nitrogens is 3. The van der Waals surface area contributed by atoms with Crippen molar-refractivity contribution in [2.75, 3.05) is 19.4 Å². The van der Waals surface area contributed by atoms with Crippen LogP contribution in [0.15, 0.2) is 22.5 Å². The number of thioether (sulfide) groups is 1. The van der Waals surface area contributed by atoms with Crippen LogP contribution in [0, 0.1) is 0 Å². The lowest BCUT2D eigenvalue weighted by molar-refractivity contribution is 0.0879. The van der Waals surface area contributed by atoms with Crippen LogP contribution >= 0.6 is 23.3 Å². The lowest BCUT2D eigenvalue weighted by atomic mass is 10.2. The second-order valence-corrected chi connectivity index (χ2v) is 6.51. The zero-order valence-electron chi connectivity index (χ0n) is 12.6. The monoisotopic (exact) mass is 355 g/mol. The molecule has 1 atom stereocenters. The number of amides is 2. The van der Waals surface area contributed by atoms with Crippen molar-refractivity contribution >= 4 is 35.1 Å². The lowest BCUT2D eigenvalue weighted by Crippen LogP contribution is -2.46. The normalized spacial score (nSPS) is 12.0. The summed E-state index contributed by atoms with van der Waals surface area (Å²) in [7, 11) is 1.75. The molecule has 0 aromatic carbocycles. The van der Waals surface area contributed by atoms with Crippen molar-refractivity contribution in [1.29, 1.82) is 0 Å². The van der Waals surface area contributed by atoms with Crippen LogP contribution in [-0.4, -0.2) is 56.5 Å². The first-order chi connectivity index (χ1) is 11.1. The number of nitrogens with zero attached hydrogens (tertiary/aromatic N) is 3. The third-order valence-electron chi connectivity index (χ3n) is 3.10. The van der Waals surface area contributed by atoms with Crippen LogP contribution in [0.25, 0.3) is 0 Å². The molecule has 8 nitrogen and oxygen atoms in total. The van der Waals surface area contributed by atoms with Crippen molar-refractivity contribution in [3.8, 4) is 0 Å². The largest absolute Gasteiger partial charge is 0.394 e. The number of hydrogen-bond donors (Lipinski definition) is 3. The molecule has 0 radical (unpaired) electrons. The summed E-state index contributed by atoms with van der Waals surface area (Å²) in [4.78, 5) is 24.1. The predicted molar refractivity (Wildman–Crippen MR) is 87.8 cm³/mol. The van der Waals surface area contributed by atoms with E-state index in [1.807, 2.05) is 6.26 Å². The van der Waals surface area contributed by atoms with Crippen LogP contribution in [0.2, 0.25) is 0 Å². The second-order valence-electron chi connectivity index (χ2n) is 4.68. The molecular formula is C13H17N5O3S2. The molecule has 2 heterocycles. The number of hydrogen-bond acceptors (Lipinski definition) is 7. The molecule has 2 aromatic rings. The second kappa shape index (κ2) is 8.09. The van der Waals surface area contributed by atoms with Crippen molar-refractivity contribution in [1.82, 2.24) is 24.8 Å². The number of aryl methyl sites for hydroxylation is 1. The van der Waals surface area contributed by atoms with Gasteiger partial charge in [0.05, 0.1) is 12.6 Å². The zero-order valence-corrected chi connectivity index (χ0v) is 14.3. The number of aliphatic hydroxyl groups is 1. The van der Waals surface area contributed by atoms with Crippen LogP contribution in [0.3, 0.4) is 0 Å². The number of carbonyl (C=O) groups is 2. The van der Waals surface area contributed by atoms with Crippen molar-refractivity contribution < 1.29 is 14.7 Å². The van der Waals surface area contributed by atoms with E-state index in [0.29, 0.717) is 5.69 Å². The first-order valence-electron chi connectivity index (χ1n) is 6.74. The maximum atomic E-state index is 12.1. The van der Waals surface area contributed by atoms with E-state index in [1.165, 1.54) is 11.8 Å². The quantitative estimate of drug-likeness (QED) is 0.609. The molecule has 124 valence electrons. The van der Waals surface area contributed by atoms with Crippen LogP contribution in [-0.2, 0) is 7.05 Å². The Balaban J connectivity index is 1.91. The summed E-state index contributed by atoms with van der Waals surface area (Å²) in [6.45, 7) is -0.196. The van der Waals surface area contributed by atoms with E-state index in [0.717, 1.165) is 15.7 Å². The van der Waals surface area contributed by atoms with E-state index in [4.69, 9.17) is 0 Å². The van der Waals surface area contributed by atoms with Crippen LogP contribution < -0.4 is 10.6 Å². The molecule has 0 unspecified atom stereocenters. The summed E-state index contributed by atoms with van der Waals surface area (Å²) in [5, 5.41) is 18.5. The Kier molecular flexibility index (Phi) is 6.13. The summed E-state index contributed by atoms with van der Waals surface area (Å²) < 4.78 is 6.13. The van der Waals surface area contributed by atoms with Gasteiger partial charge in [-0.15, -0.1) is 16.9 Å². The highest BCUT2D eigenvalue weighted by molar-refractivity contribution is 8.00. The van der Waals surface area contributed by atoms with Gasteiger partial charge in [-0.25, -0.2) is 0 Å². The van der Waals surface area contributed by atoms with Crippen molar-refractivity contribution in [3.63, 3.8) is 0 Å². The Morgan fingerprint density at radius 2 is 2.26 bits per heavy atom. The molecule has 0 spiro atoms. The van der Waals surface area contributed by atoms with E-state index in [-0.39, 0.29) is 30.7 Å². The molecule has 0 aliphatic heterocycles. The van der Waals surface area contributed by atoms with E-state index in [9.17, 15) is 14.7 Å². The van der Waals surface area contributed by atoms with E-state index in [1.54, 1.807) is 29.9 Å². The minimum absolute atomic E-state index is 0.0941. The molecule has 3 N–H and O–H groups in total. The van der Waals surface area contributed by atoms with Crippen LogP contribution in [0.4, 0.5) is 0 Å². The van der Waals surface area contributed by atoms with Gasteiger partial charge in [0, 0.05) is 19.8 Å². The Labute approximate surface area is 141 Å². The fourth-order valence-corrected chi connectivity index (χ4v) is 3.01. The Morgan fingerprint density at radius 3 is 2.87 bits per heavy atom. The van der Waals surface area contributed by atoms with Crippen molar-refractivity contribution in [2.45, 2.75) is 10.3 Å². The van der Waals surface area contributed by atoms with Crippen molar-refractivity contribution in [3.05, 3.63) is 29.7 Å². The standard InChI is InChI=1S/C13H17N5O3S2/c1-18-5-3-4-9(18)11(20)15-8(7-19)6-14-12(21)10-13(22-2)23-17-16-10/h3-5,8,19H,6-7H2,1-2H3,(H,14,21)(H,15,20)/t8-/m1/s1. The van der Waals surface area contributed by atoms with Gasteiger partial charge in [-0.3, -0.25) is 9.59 Å². The van der Waals surface area contributed by atoms with Crippen LogP contribution in [0.1, 0.15) is 21.0 Å². The zero-order chi connectivity index (χ0) is 16.8. The Morgan fingerprint density at radius 1 is 1.48 bits per heavy atom.